The molecule has 0 amide bonds. The predicted molar refractivity (Wildman–Crippen MR) is 117 cm³/mol. The number of nitrogens with one attached hydrogen (secondary N) is 1. The number of aromatic amines is 1. The zero-order valence-corrected chi connectivity index (χ0v) is 17.5. The molecule has 0 spiro atoms. The van der Waals surface area contributed by atoms with Crippen LogP contribution in [-0.2, 0) is 17.8 Å². The van der Waals surface area contributed by atoms with E-state index in [9.17, 15) is 14.7 Å². The third-order valence-corrected chi connectivity index (χ3v) is 5.69. The van der Waals surface area contributed by atoms with E-state index in [4.69, 9.17) is 21.1 Å². The monoisotopic (exact) mass is 442 g/mol. The fourth-order valence-electron chi connectivity index (χ4n) is 3.60. The van der Waals surface area contributed by atoms with E-state index in [1.165, 1.54) is 10.8 Å². The highest BCUT2D eigenvalue weighted by Crippen LogP contribution is 2.31. The van der Waals surface area contributed by atoms with Crippen molar-refractivity contribution in [3.8, 4) is 5.75 Å². The fraction of sp³-hybridized carbons (Fsp3) is 0.304. The molecule has 0 radical (unpaired) electrons. The highest BCUT2D eigenvalue weighted by molar-refractivity contribution is 6.21. The van der Waals surface area contributed by atoms with Gasteiger partial charge in [-0.05, 0) is 23.3 Å². The smallest absolute Gasteiger partial charge is 0.330 e. The normalized spacial score (nSPS) is 20.6. The van der Waals surface area contributed by atoms with Crippen LogP contribution < -0.4 is 16.0 Å². The van der Waals surface area contributed by atoms with Crippen LogP contribution in [0.1, 0.15) is 29.3 Å². The Labute approximate surface area is 183 Å². The average molecular weight is 443 g/mol. The maximum Gasteiger partial charge on any atom is 0.330 e. The Morgan fingerprint density at radius 3 is 2.65 bits per heavy atom. The van der Waals surface area contributed by atoms with Crippen LogP contribution in [0.15, 0.2) is 70.4 Å². The van der Waals surface area contributed by atoms with Gasteiger partial charge in [-0.1, -0.05) is 42.5 Å². The van der Waals surface area contributed by atoms with Crippen LogP contribution in [0.5, 0.6) is 5.75 Å². The molecule has 1 aromatic heterocycles. The Hall–Kier alpha value is -2.87. The van der Waals surface area contributed by atoms with Gasteiger partial charge >= 0.3 is 5.69 Å². The first-order valence-electron chi connectivity index (χ1n) is 10.0. The van der Waals surface area contributed by atoms with Gasteiger partial charge in [-0.25, -0.2) is 4.79 Å². The molecular formula is C23H23ClN2O5. The number of hydrogen-bond donors (Lipinski definition) is 2. The van der Waals surface area contributed by atoms with Gasteiger partial charge in [0, 0.05) is 24.6 Å². The number of benzene rings is 2. The molecular weight excluding hydrogens is 420 g/mol. The molecule has 0 aliphatic carbocycles. The second kappa shape index (κ2) is 9.51. The predicted octanol–water partition coefficient (Wildman–Crippen LogP) is 2.59. The van der Waals surface area contributed by atoms with Crippen molar-refractivity contribution in [1.82, 2.24) is 9.55 Å². The molecule has 0 saturated carbocycles. The number of rotatable bonds is 7. The van der Waals surface area contributed by atoms with E-state index in [0.717, 1.165) is 11.1 Å². The largest absolute Gasteiger partial charge is 0.489 e. The van der Waals surface area contributed by atoms with E-state index < -0.39 is 29.0 Å². The molecule has 162 valence electrons. The third kappa shape index (κ3) is 5.07. The molecule has 2 heterocycles. The first kappa shape index (κ1) is 21.4. The lowest BCUT2D eigenvalue weighted by molar-refractivity contribution is -0.0241. The number of nitrogens with zero attached hydrogens (tertiary/aromatic N) is 1. The van der Waals surface area contributed by atoms with Crippen molar-refractivity contribution in [1.29, 1.82) is 0 Å². The van der Waals surface area contributed by atoms with E-state index in [2.05, 4.69) is 4.98 Å². The Bertz CT molecular complexity index is 1140. The van der Waals surface area contributed by atoms with Gasteiger partial charge in [0.2, 0.25) is 0 Å². The third-order valence-electron chi connectivity index (χ3n) is 5.24. The molecule has 0 bridgehead atoms. The molecule has 1 saturated heterocycles. The van der Waals surface area contributed by atoms with Crippen LogP contribution in [0.2, 0.25) is 0 Å². The molecule has 4 rings (SSSR count). The minimum absolute atomic E-state index is 0.231. The number of halogens is 1. The van der Waals surface area contributed by atoms with Crippen molar-refractivity contribution in [2.24, 2.45) is 0 Å². The topological polar surface area (TPSA) is 93.6 Å². The Balaban J connectivity index is 1.51. The van der Waals surface area contributed by atoms with Crippen LogP contribution in [0, 0.1) is 0 Å². The van der Waals surface area contributed by atoms with E-state index in [-0.39, 0.29) is 6.61 Å². The van der Waals surface area contributed by atoms with Crippen LogP contribution in [0.3, 0.4) is 0 Å². The van der Waals surface area contributed by atoms with Gasteiger partial charge in [-0.2, -0.15) is 0 Å². The lowest BCUT2D eigenvalue weighted by Crippen LogP contribution is -2.34. The van der Waals surface area contributed by atoms with Crippen molar-refractivity contribution >= 4 is 11.6 Å². The highest BCUT2D eigenvalue weighted by Gasteiger charge is 2.35. The molecule has 1 aliphatic heterocycles. The molecule has 7 nitrogen and oxygen atoms in total. The van der Waals surface area contributed by atoms with E-state index >= 15 is 0 Å². The fourth-order valence-corrected chi connectivity index (χ4v) is 3.89. The van der Waals surface area contributed by atoms with Crippen molar-refractivity contribution in [3.63, 3.8) is 0 Å². The van der Waals surface area contributed by atoms with Gasteiger partial charge in [0.15, 0.2) is 0 Å². The van der Waals surface area contributed by atoms with E-state index in [1.807, 2.05) is 54.6 Å². The van der Waals surface area contributed by atoms with Crippen molar-refractivity contribution in [2.75, 3.05) is 6.61 Å². The van der Waals surface area contributed by atoms with Crippen molar-refractivity contribution in [2.45, 2.75) is 37.2 Å². The van der Waals surface area contributed by atoms with Gasteiger partial charge in [0.1, 0.15) is 18.6 Å². The average Bonchev–Trinajstić information content (AvgIpc) is 3.15. The highest BCUT2D eigenvalue weighted by atomic mass is 35.5. The molecule has 1 fully saturated rings. The van der Waals surface area contributed by atoms with Gasteiger partial charge < -0.3 is 14.6 Å². The number of aliphatic hydroxyl groups is 1. The number of hydrogen-bond acceptors (Lipinski definition) is 5. The lowest BCUT2D eigenvalue weighted by atomic mass is 10.1. The zero-order valence-electron chi connectivity index (χ0n) is 16.7. The summed E-state index contributed by atoms with van der Waals surface area (Å²) < 4.78 is 12.9. The van der Waals surface area contributed by atoms with Crippen LogP contribution in [0.25, 0.3) is 0 Å². The lowest BCUT2D eigenvalue weighted by Gasteiger charge is -2.15. The summed E-state index contributed by atoms with van der Waals surface area (Å²) in [6.45, 7) is 0.214. The second-order valence-corrected chi connectivity index (χ2v) is 8.04. The quantitative estimate of drug-likeness (QED) is 0.548. The summed E-state index contributed by atoms with van der Waals surface area (Å²) >= 11 is 6.18. The molecule has 1 aliphatic rings. The molecule has 2 N–H and O–H groups in total. The van der Waals surface area contributed by atoms with Gasteiger partial charge in [0.05, 0.1) is 18.1 Å². The first-order valence-corrected chi connectivity index (χ1v) is 10.5. The Morgan fingerprint density at radius 2 is 1.90 bits per heavy atom. The summed E-state index contributed by atoms with van der Waals surface area (Å²) in [6, 6.07) is 17.3. The number of aliphatic hydroxyl groups excluding tert-OH is 1. The minimum Gasteiger partial charge on any atom is -0.489 e. The van der Waals surface area contributed by atoms with Crippen LogP contribution in [0.4, 0.5) is 0 Å². The molecule has 8 heteroatoms. The van der Waals surface area contributed by atoms with Gasteiger partial charge in [0.25, 0.3) is 5.56 Å². The summed E-state index contributed by atoms with van der Waals surface area (Å²) in [7, 11) is 0. The molecule has 3 atom stereocenters. The van der Waals surface area contributed by atoms with Gasteiger partial charge in [-0.3, -0.25) is 14.3 Å². The SMILES string of the molecule is O=c1[nH]c(=O)n([C@H]2C[C@H](Cl)[C@@H](CO)O2)cc1Cc1cccc(OCc2ccccc2)c1. The Kier molecular flexibility index (Phi) is 6.56. The summed E-state index contributed by atoms with van der Waals surface area (Å²) in [5.74, 6) is 0.695. The molecule has 0 unspecified atom stereocenters. The van der Waals surface area contributed by atoms with Crippen molar-refractivity contribution in [3.05, 3.63) is 98.3 Å². The van der Waals surface area contributed by atoms with E-state index in [1.54, 1.807) is 0 Å². The number of H-pyrrole nitrogens is 1. The minimum atomic E-state index is -0.636. The zero-order chi connectivity index (χ0) is 21.8. The molecule has 31 heavy (non-hydrogen) atoms. The Morgan fingerprint density at radius 1 is 1.13 bits per heavy atom. The number of alkyl halides is 1. The van der Waals surface area contributed by atoms with Crippen molar-refractivity contribution < 1.29 is 14.6 Å². The van der Waals surface area contributed by atoms with Crippen LogP contribution >= 0.6 is 11.6 Å². The summed E-state index contributed by atoms with van der Waals surface area (Å²) in [6.07, 6.45) is 1.00. The maximum absolute atomic E-state index is 12.4. The summed E-state index contributed by atoms with van der Waals surface area (Å²) in [5, 5.41) is 8.93. The van der Waals surface area contributed by atoms with Gasteiger partial charge in [-0.15, -0.1) is 11.6 Å². The standard InChI is InChI=1S/C23H23ClN2O5/c24-19-11-21(31-20(19)13-27)26-12-17(22(28)25-23(26)29)9-16-7-4-8-18(10-16)30-14-15-5-2-1-3-6-15/h1-8,10,12,19-21,27H,9,11,13-14H2,(H,25,28,29)/t19-,20+,21+/m0/s1. The van der Waals surface area contributed by atoms with Crippen LogP contribution in [-0.4, -0.2) is 32.7 Å². The summed E-state index contributed by atoms with van der Waals surface area (Å²) in [4.78, 5) is 27.0. The molecule has 2 aromatic carbocycles. The maximum atomic E-state index is 12.4. The second-order valence-electron chi connectivity index (χ2n) is 7.48. The first-order chi connectivity index (χ1) is 15.0. The van der Waals surface area contributed by atoms with E-state index in [0.29, 0.717) is 30.8 Å². The molecule has 3 aromatic rings. The number of ether oxygens (including phenoxy) is 2. The number of aromatic nitrogens is 2. The summed E-state index contributed by atoms with van der Waals surface area (Å²) in [5.41, 5.74) is 1.34.